The molecular weight excluding hydrogens is 270 g/mol. The Morgan fingerprint density at radius 1 is 1.25 bits per heavy atom. The largest absolute Gasteiger partial charge is 0.508 e. The normalized spacial score (nSPS) is 10.9. The van der Waals surface area contributed by atoms with Gasteiger partial charge in [0.1, 0.15) is 22.2 Å². The van der Waals surface area contributed by atoms with Gasteiger partial charge in [0.2, 0.25) is 0 Å². The second-order valence-electron chi connectivity index (χ2n) is 4.59. The first-order valence-electron chi connectivity index (χ1n) is 6.49. The summed E-state index contributed by atoms with van der Waals surface area (Å²) in [6, 6.07) is 9.12. The summed E-state index contributed by atoms with van der Waals surface area (Å²) in [6.45, 7) is 4.11. The first-order chi connectivity index (χ1) is 9.65. The fourth-order valence-corrected chi connectivity index (χ4v) is 2.96. The number of anilines is 2. The molecule has 2 heterocycles. The van der Waals surface area contributed by atoms with E-state index in [-0.39, 0.29) is 5.75 Å². The van der Waals surface area contributed by atoms with E-state index in [0.29, 0.717) is 0 Å². The summed E-state index contributed by atoms with van der Waals surface area (Å²) in [5.41, 5.74) is 0.816. The molecule has 2 aromatic heterocycles. The van der Waals surface area contributed by atoms with Crippen molar-refractivity contribution in [2.24, 2.45) is 0 Å². The fourth-order valence-electron chi connectivity index (χ4n) is 2.06. The van der Waals surface area contributed by atoms with E-state index in [0.717, 1.165) is 34.0 Å². The standard InChI is InChI=1S/C15H15N3OS/c1-3-13-17-14(12-7-9(2)20-15(12)18-13)16-10-5-4-6-11(19)8-10/h4-8,19H,3H2,1-2H3,(H,16,17,18). The molecule has 0 radical (unpaired) electrons. The van der Waals surface area contributed by atoms with Crippen molar-refractivity contribution in [2.75, 3.05) is 5.32 Å². The molecule has 0 amide bonds. The van der Waals surface area contributed by atoms with E-state index in [1.807, 2.05) is 13.0 Å². The predicted molar refractivity (Wildman–Crippen MR) is 82.9 cm³/mol. The number of aromatic nitrogens is 2. The minimum atomic E-state index is 0.234. The van der Waals surface area contributed by atoms with Crippen LogP contribution < -0.4 is 5.32 Å². The van der Waals surface area contributed by atoms with Crippen molar-refractivity contribution in [1.82, 2.24) is 9.97 Å². The summed E-state index contributed by atoms with van der Waals surface area (Å²) in [7, 11) is 0. The van der Waals surface area contributed by atoms with Gasteiger partial charge in [-0.1, -0.05) is 13.0 Å². The number of nitrogens with one attached hydrogen (secondary N) is 1. The third-order valence-corrected chi connectivity index (χ3v) is 3.93. The van der Waals surface area contributed by atoms with Crippen LogP contribution in [0.15, 0.2) is 30.3 Å². The molecule has 1 aromatic carbocycles. The molecule has 0 spiro atoms. The van der Waals surface area contributed by atoms with Crippen LogP contribution in [0.25, 0.3) is 10.2 Å². The van der Waals surface area contributed by atoms with Crippen molar-refractivity contribution in [2.45, 2.75) is 20.3 Å². The van der Waals surface area contributed by atoms with Crippen molar-refractivity contribution >= 4 is 33.1 Å². The number of benzene rings is 1. The number of hydrogen-bond donors (Lipinski definition) is 2. The van der Waals surface area contributed by atoms with Gasteiger partial charge in [-0.15, -0.1) is 11.3 Å². The lowest BCUT2D eigenvalue weighted by Crippen LogP contribution is -1.99. The molecule has 0 saturated heterocycles. The maximum atomic E-state index is 9.54. The number of hydrogen-bond acceptors (Lipinski definition) is 5. The maximum absolute atomic E-state index is 9.54. The zero-order chi connectivity index (χ0) is 14.1. The van der Waals surface area contributed by atoms with E-state index in [1.54, 1.807) is 29.5 Å². The molecule has 0 fully saturated rings. The van der Waals surface area contributed by atoms with Gasteiger partial charge in [-0.2, -0.15) is 0 Å². The smallest absolute Gasteiger partial charge is 0.142 e. The van der Waals surface area contributed by atoms with E-state index >= 15 is 0 Å². The number of aromatic hydroxyl groups is 1. The zero-order valence-electron chi connectivity index (χ0n) is 11.3. The number of rotatable bonds is 3. The summed E-state index contributed by atoms with van der Waals surface area (Å²) in [5, 5.41) is 13.8. The van der Waals surface area contributed by atoms with Gasteiger partial charge in [0.25, 0.3) is 0 Å². The minimum absolute atomic E-state index is 0.234. The molecule has 102 valence electrons. The summed E-state index contributed by atoms with van der Waals surface area (Å²) in [6.07, 6.45) is 0.793. The topological polar surface area (TPSA) is 58.0 Å². The van der Waals surface area contributed by atoms with Gasteiger partial charge >= 0.3 is 0 Å². The Hall–Kier alpha value is -2.14. The van der Waals surface area contributed by atoms with Gasteiger partial charge in [-0.25, -0.2) is 9.97 Å². The van der Waals surface area contributed by atoms with Gasteiger partial charge in [0.15, 0.2) is 0 Å². The fraction of sp³-hybridized carbons (Fsp3) is 0.200. The molecule has 0 saturated carbocycles. The maximum Gasteiger partial charge on any atom is 0.142 e. The molecular formula is C15H15N3OS. The van der Waals surface area contributed by atoms with Crippen molar-refractivity contribution in [1.29, 1.82) is 0 Å². The third-order valence-electron chi connectivity index (χ3n) is 2.99. The van der Waals surface area contributed by atoms with Crippen LogP contribution in [0.5, 0.6) is 5.75 Å². The molecule has 3 aromatic rings. The molecule has 0 aliphatic rings. The number of nitrogens with zero attached hydrogens (tertiary/aromatic N) is 2. The van der Waals surface area contributed by atoms with Gasteiger partial charge in [-0.05, 0) is 25.1 Å². The zero-order valence-corrected chi connectivity index (χ0v) is 12.2. The molecule has 3 rings (SSSR count). The SMILES string of the molecule is CCc1nc(Nc2cccc(O)c2)c2cc(C)sc2n1. The second kappa shape index (κ2) is 5.09. The van der Waals surface area contributed by atoms with Crippen LogP contribution in [0.4, 0.5) is 11.5 Å². The van der Waals surface area contributed by atoms with Gasteiger partial charge in [0, 0.05) is 23.1 Å². The second-order valence-corrected chi connectivity index (χ2v) is 5.83. The lowest BCUT2D eigenvalue weighted by atomic mass is 10.2. The van der Waals surface area contributed by atoms with Crippen molar-refractivity contribution in [3.8, 4) is 5.75 Å². The number of thiophene rings is 1. The van der Waals surface area contributed by atoms with Crippen LogP contribution in [0.1, 0.15) is 17.6 Å². The summed E-state index contributed by atoms with van der Waals surface area (Å²) in [5.74, 6) is 1.85. The Morgan fingerprint density at radius 3 is 2.85 bits per heavy atom. The Balaban J connectivity index is 2.09. The quantitative estimate of drug-likeness (QED) is 0.763. The van der Waals surface area contributed by atoms with E-state index in [2.05, 4.69) is 28.3 Å². The summed E-state index contributed by atoms with van der Waals surface area (Å²) >= 11 is 1.67. The van der Waals surface area contributed by atoms with Crippen molar-refractivity contribution < 1.29 is 5.11 Å². The lowest BCUT2D eigenvalue weighted by Gasteiger charge is -2.08. The monoisotopic (exact) mass is 285 g/mol. The average molecular weight is 285 g/mol. The lowest BCUT2D eigenvalue weighted by molar-refractivity contribution is 0.475. The van der Waals surface area contributed by atoms with Crippen molar-refractivity contribution in [3.63, 3.8) is 0 Å². The molecule has 20 heavy (non-hydrogen) atoms. The number of aryl methyl sites for hydroxylation is 2. The van der Waals surface area contributed by atoms with Gasteiger partial charge < -0.3 is 10.4 Å². The van der Waals surface area contributed by atoms with E-state index in [1.165, 1.54) is 4.88 Å². The molecule has 0 unspecified atom stereocenters. The molecule has 2 N–H and O–H groups in total. The van der Waals surface area contributed by atoms with E-state index in [9.17, 15) is 5.11 Å². The average Bonchev–Trinajstić information content (AvgIpc) is 2.79. The van der Waals surface area contributed by atoms with Gasteiger partial charge in [-0.3, -0.25) is 0 Å². The van der Waals surface area contributed by atoms with Gasteiger partial charge in [0.05, 0.1) is 5.39 Å². The molecule has 5 heteroatoms. The number of phenols is 1. The highest BCUT2D eigenvalue weighted by Gasteiger charge is 2.10. The highest BCUT2D eigenvalue weighted by Crippen LogP contribution is 2.30. The van der Waals surface area contributed by atoms with Crippen LogP contribution in [0, 0.1) is 6.92 Å². The Labute approximate surface area is 121 Å². The molecule has 0 aliphatic heterocycles. The van der Waals surface area contributed by atoms with Crippen LogP contribution >= 0.6 is 11.3 Å². The Morgan fingerprint density at radius 2 is 2.10 bits per heavy atom. The highest BCUT2D eigenvalue weighted by molar-refractivity contribution is 7.18. The van der Waals surface area contributed by atoms with Crippen LogP contribution in [-0.4, -0.2) is 15.1 Å². The summed E-state index contributed by atoms with van der Waals surface area (Å²) in [4.78, 5) is 11.3. The first-order valence-corrected chi connectivity index (χ1v) is 7.30. The summed E-state index contributed by atoms with van der Waals surface area (Å²) < 4.78 is 0. The Kier molecular flexibility index (Phi) is 3.28. The number of fused-ring (bicyclic) bond motifs is 1. The molecule has 4 nitrogen and oxygen atoms in total. The van der Waals surface area contributed by atoms with E-state index < -0.39 is 0 Å². The van der Waals surface area contributed by atoms with Crippen molar-refractivity contribution in [3.05, 3.63) is 41.0 Å². The molecule has 0 bridgehead atoms. The Bertz CT molecular complexity index is 767. The van der Waals surface area contributed by atoms with Crippen LogP contribution in [-0.2, 0) is 6.42 Å². The number of phenolic OH excluding ortho intramolecular Hbond substituents is 1. The molecule has 0 aliphatic carbocycles. The van der Waals surface area contributed by atoms with Crippen LogP contribution in [0.3, 0.4) is 0 Å². The predicted octanol–water partition coefficient (Wildman–Crippen LogP) is 4.01. The van der Waals surface area contributed by atoms with E-state index in [4.69, 9.17) is 0 Å². The van der Waals surface area contributed by atoms with Crippen LogP contribution in [0.2, 0.25) is 0 Å². The minimum Gasteiger partial charge on any atom is -0.508 e. The third kappa shape index (κ3) is 2.44. The first kappa shape index (κ1) is 12.9. The highest BCUT2D eigenvalue weighted by atomic mass is 32.1. The molecule has 0 atom stereocenters.